The lowest BCUT2D eigenvalue weighted by atomic mass is 10.0. The summed E-state index contributed by atoms with van der Waals surface area (Å²) in [7, 11) is 0. The van der Waals surface area contributed by atoms with Crippen LogP contribution in [0.3, 0.4) is 0 Å². The molecule has 30 heavy (non-hydrogen) atoms. The molecule has 5 rings (SSSR count). The lowest BCUT2D eigenvalue weighted by Crippen LogP contribution is -2.31. The zero-order valence-corrected chi connectivity index (χ0v) is 17.9. The highest BCUT2D eigenvalue weighted by Crippen LogP contribution is 2.42. The fraction of sp³-hybridized carbons (Fsp3) is 0.375. The molecule has 2 aromatic carbocycles. The molecule has 0 saturated carbocycles. The van der Waals surface area contributed by atoms with Gasteiger partial charge in [0.15, 0.2) is 11.5 Å². The van der Waals surface area contributed by atoms with E-state index >= 15 is 0 Å². The molecule has 156 valence electrons. The van der Waals surface area contributed by atoms with Crippen molar-refractivity contribution in [2.75, 3.05) is 26.4 Å². The smallest absolute Gasteiger partial charge is 0.222 e. The summed E-state index contributed by atoms with van der Waals surface area (Å²) >= 11 is 1.74. The molecule has 2 aliphatic rings. The third kappa shape index (κ3) is 3.66. The van der Waals surface area contributed by atoms with Crippen molar-refractivity contribution in [3.63, 3.8) is 0 Å². The largest absolute Gasteiger partial charge is 0.487 e. The topological polar surface area (TPSA) is 48.0 Å². The maximum Gasteiger partial charge on any atom is 0.222 e. The van der Waals surface area contributed by atoms with Crippen LogP contribution in [0.2, 0.25) is 0 Å². The molecule has 6 heteroatoms. The van der Waals surface area contributed by atoms with Gasteiger partial charge in [0.1, 0.15) is 12.7 Å². The van der Waals surface area contributed by atoms with E-state index in [2.05, 4.69) is 41.8 Å². The van der Waals surface area contributed by atoms with Gasteiger partial charge < -0.3 is 19.1 Å². The summed E-state index contributed by atoms with van der Waals surface area (Å²) in [6.45, 7) is 4.82. The molecule has 1 atom stereocenters. The highest BCUT2D eigenvalue weighted by atomic mass is 32.1. The van der Waals surface area contributed by atoms with Gasteiger partial charge in [0.2, 0.25) is 5.91 Å². The Balaban J connectivity index is 1.61. The van der Waals surface area contributed by atoms with Crippen molar-refractivity contribution in [2.45, 2.75) is 32.4 Å². The lowest BCUT2D eigenvalue weighted by molar-refractivity contribution is -0.131. The maximum absolute atomic E-state index is 12.4. The van der Waals surface area contributed by atoms with Crippen LogP contribution in [0.15, 0.2) is 41.8 Å². The molecule has 2 aliphatic heterocycles. The molecule has 1 fully saturated rings. The van der Waals surface area contributed by atoms with Gasteiger partial charge in [0.05, 0.1) is 19.8 Å². The number of hydrogen-bond acceptors (Lipinski definition) is 5. The highest BCUT2D eigenvalue weighted by Gasteiger charge is 2.26. The molecule has 0 aliphatic carbocycles. The number of benzene rings is 2. The average Bonchev–Trinajstić information content (AvgIpc) is 3.38. The van der Waals surface area contributed by atoms with E-state index in [1.165, 1.54) is 15.6 Å². The highest BCUT2D eigenvalue weighted by molar-refractivity contribution is 7.17. The molecule has 1 saturated heterocycles. The van der Waals surface area contributed by atoms with Crippen LogP contribution in [0.4, 0.5) is 0 Å². The summed E-state index contributed by atoms with van der Waals surface area (Å²) in [6, 6.07) is 12.7. The zero-order chi connectivity index (χ0) is 20.5. The first-order chi connectivity index (χ1) is 14.7. The molecule has 0 spiro atoms. The monoisotopic (exact) mass is 423 g/mol. The molecule has 3 heterocycles. The minimum atomic E-state index is 0.0313. The summed E-state index contributed by atoms with van der Waals surface area (Å²) < 4.78 is 19.2. The lowest BCUT2D eigenvalue weighted by Gasteiger charge is -2.20. The van der Waals surface area contributed by atoms with Gasteiger partial charge in [-0.2, -0.15) is 0 Å². The minimum Gasteiger partial charge on any atom is -0.487 e. The van der Waals surface area contributed by atoms with Crippen molar-refractivity contribution in [1.29, 1.82) is 0 Å². The second-order valence-electron chi connectivity index (χ2n) is 7.73. The van der Waals surface area contributed by atoms with Crippen molar-refractivity contribution in [1.82, 2.24) is 4.90 Å². The first-order valence-corrected chi connectivity index (χ1v) is 11.4. The van der Waals surface area contributed by atoms with Gasteiger partial charge in [-0.15, -0.1) is 11.3 Å². The van der Waals surface area contributed by atoms with E-state index < -0.39 is 0 Å². The van der Waals surface area contributed by atoms with Crippen molar-refractivity contribution in [2.24, 2.45) is 0 Å². The second-order valence-corrected chi connectivity index (χ2v) is 8.64. The van der Waals surface area contributed by atoms with Gasteiger partial charge in [-0.05, 0) is 29.1 Å². The second kappa shape index (κ2) is 8.28. The number of thiophene rings is 1. The number of carbonyl (C=O) groups is 1. The number of rotatable bonds is 4. The van der Waals surface area contributed by atoms with Gasteiger partial charge in [-0.25, -0.2) is 0 Å². The fourth-order valence-electron chi connectivity index (χ4n) is 4.15. The first kappa shape index (κ1) is 19.4. The van der Waals surface area contributed by atoms with E-state index in [-0.39, 0.29) is 12.0 Å². The van der Waals surface area contributed by atoms with Gasteiger partial charge >= 0.3 is 0 Å². The summed E-state index contributed by atoms with van der Waals surface area (Å²) in [5.74, 6) is 1.65. The van der Waals surface area contributed by atoms with Gasteiger partial charge in [0.25, 0.3) is 0 Å². The standard InChI is InChI=1S/C24H25NO4S/c1-2-23(26)25-8-10-28-24-17(13-25)11-16(12-21(24)29-18-7-9-27-14-18)20-15-30-22-6-4-3-5-19(20)22/h3-6,11-12,15,18H,2,7-10,13-14H2,1H3. The molecular weight excluding hydrogens is 398 g/mol. The fourth-order valence-corrected chi connectivity index (χ4v) is 5.12. The van der Waals surface area contributed by atoms with Gasteiger partial charge in [0, 0.05) is 40.6 Å². The molecule has 0 bridgehead atoms. The Hall–Kier alpha value is -2.57. The van der Waals surface area contributed by atoms with Crippen LogP contribution in [0, 0.1) is 0 Å². The van der Waals surface area contributed by atoms with E-state index in [1.54, 1.807) is 11.3 Å². The normalized spacial score (nSPS) is 18.7. The summed E-state index contributed by atoms with van der Waals surface area (Å²) in [4.78, 5) is 14.3. The summed E-state index contributed by atoms with van der Waals surface area (Å²) in [5, 5.41) is 3.43. The van der Waals surface area contributed by atoms with Crippen molar-refractivity contribution < 1.29 is 19.0 Å². The van der Waals surface area contributed by atoms with Crippen LogP contribution in [0.1, 0.15) is 25.3 Å². The van der Waals surface area contributed by atoms with E-state index in [9.17, 15) is 4.79 Å². The van der Waals surface area contributed by atoms with Crippen molar-refractivity contribution >= 4 is 27.3 Å². The van der Waals surface area contributed by atoms with Crippen LogP contribution in [-0.2, 0) is 16.1 Å². The minimum absolute atomic E-state index is 0.0313. The van der Waals surface area contributed by atoms with E-state index in [1.807, 2.05) is 11.8 Å². The number of fused-ring (bicyclic) bond motifs is 2. The third-order valence-corrected chi connectivity index (χ3v) is 6.69. The predicted molar refractivity (Wildman–Crippen MR) is 118 cm³/mol. The molecule has 0 N–H and O–H groups in total. The quantitative estimate of drug-likeness (QED) is 0.601. The summed E-state index contributed by atoms with van der Waals surface area (Å²) in [5.41, 5.74) is 3.27. The van der Waals surface area contributed by atoms with E-state index in [0.717, 1.165) is 35.7 Å². The number of carbonyl (C=O) groups excluding carboxylic acids is 1. The Kier molecular flexibility index (Phi) is 5.35. The molecular formula is C24H25NO4S. The maximum atomic E-state index is 12.4. The van der Waals surface area contributed by atoms with Crippen molar-refractivity contribution in [3.05, 3.63) is 47.3 Å². The average molecular weight is 424 g/mol. The Morgan fingerprint density at radius 2 is 2.17 bits per heavy atom. The number of amides is 1. The Bertz CT molecular complexity index is 1070. The van der Waals surface area contributed by atoms with Crippen LogP contribution in [0.5, 0.6) is 11.5 Å². The zero-order valence-electron chi connectivity index (χ0n) is 17.1. The number of ether oxygens (including phenoxy) is 3. The van der Waals surface area contributed by atoms with Crippen LogP contribution in [-0.4, -0.2) is 43.3 Å². The van der Waals surface area contributed by atoms with E-state index in [4.69, 9.17) is 14.2 Å². The van der Waals surface area contributed by atoms with Gasteiger partial charge in [-0.1, -0.05) is 25.1 Å². The number of hydrogen-bond donors (Lipinski definition) is 0. The summed E-state index contributed by atoms with van der Waals surface area (Å²) in [6.07, 6.45) is 1.40. The first-order valence-electron chi connectivity index (χ1n) is 10.5. The number of nitrogens with zero attached hydrogens (tertiary/aromatic N) is 1. The molecule has 0 radical (unpaired) electrons. The third-order valence-electron chi connectivity index (χ3n) is 5.73. The Morgan fingerprint density at radius 1 is 1.27 bits per heavy atom. The SMILES string of the molecule is CCC(=O)N1CCOc2c(cc(-c3csc4ccccc34)cc2OC2CCOC2)C1. The molecule has 5 nitrogen and oxygen atoms in total. The molecule has 1 aromatic heterocycles. The van der Waals surface area contributed by atoms with Crippen LogP contribution >= 0.6 is 11.3 Å². The van der Waals surface area contributed by atoms with Crippen LogP contribution < -0.4 is 9.47 Å². The molecule has 1 unspecified atom stereocenters. The van der Waals surface area contributed by atoms with Crippen LogP contribution in [0.25, 0.3) is 21.2 Å². The Labute approximate surface area is 180 Å². The predicted octanol–water partition coefficient (Wildman–Crippen LogP) is 4.87. The Morgan fingerprint density at radius 3 is 3.00 bits per heavy atom. The molecule has 1 amide bonds. The van der Waals surface area contributed by atoms with Crippen molar-refractivity contribution in [3.8, 4) is 22.6 Å². The van der Waals surface area contributed by atoms with E-state index in [0.29, 0.717) is 32.7 Å². The van der Waals surface area contributed by atoms with Gasteiger partial charge in [-0.3, -0.25) is 4.79 Å². The molecule has 3 aromatic rings.